The van der Waals surface area contributed by atoms with Crippen LogP contribution in [0.3, 0.4) is 0 Å². The number of aromatic nitrogens is 2. The van der Waals surface area contributed by atoms with Gasteiger partial charge in [0.15, 0.2) is 0 Å². The first-order valence-electron chi connectivity index (χ1n) is 6.00. The van der Waals surface area contributed by atoms with Crippen molar-refractivity contribution in [2.45, 2.75) is 13.5 Å². The maximum atomic E-state index is 5.61. The molecule has 2 aromatic heterocycles. The molecular formula is C15H15N3. The van der Waals surface area contributed by atoms with E-state index in [1.165, 1.54) is 16.7 Å². The van der Waals surface area contributed by atoms with Crippen molar-refractivity contribution in [2.75, 3.05) is 0 Å². The Labute approximate surface area is 106 Å². The maximum absolute atomic E-state index is 5.61. The summed E-state index contributed by atoms with van der Waals surface area (Å²) in [5, 5.41) is 0. The third kappa shape index (κ3) is 1.79. The molecular weight excluding hydrogens is 222 g/mol. The molecule has 18 heavy (non-hydrogen) atoms. The second-order valence-corrected chi connectivity index (χ2v) is 4.46. The lowest BCUT2D eigenvalue weighted by Gasteiger charge is -2.01. The topological polar surface area (TPSA) is 43.3 Å². The van der Waals surface area contributed by atoms with Crippen molar-refractivity contribution >= 4 is 5.52 Å². The van der Waals surface area contributed by atoms with Crippen molar-refractivity contribution in [2.24, 2.45) is 5.73 Å². The van der Waals surface area contributed by atoms with Crippen molar-refractivity contribution in [3.05, 3.63) is 60.2 Å². The molecule has 0 aliphatic carbocycles. The van der Waals surface area contributed by atoms with Gasteiger partial charge in [-0.1, -0.05) is 24.3 Å². The average molecular weight is 237 g/mol. The van der Waals surface area contributed by atoms with E-state index in [2.05, 4.69) is 48.4 Å². The highest BCUT2D eigenvalue weighted by atomic mass is 14.9. The van der Waals surface area contributed by atoms with Crippen LogP contribution in [0.15, 0.2) is 48.9 Å². The summed E-state index contributed by atoms with van der Waals surface area (Å²) >= 11 is 0. The Morgan fingerprint density at radius 3 is 2.83 bits per heavy atom. The van der Waals surface area contributed by atoms with Gasteiger partial charge >= 0.3 is 0 Å². The number of aryl methyl sites for hydroxylation is 1. The summed E-state index contributed by atoms with van der Waals surface area (Å²) in [6.07, 6.45) is 3.92. The Balaban J connectivity index is 2.17. The third-order valence-corrected chi connectivity index (χ3v) is 3.21. The Morgan fingerprint density at radius 1 is 1.22 bits per heavy atom. The van der Waals surface area contributed by atoms with Crippen LogP contribution in [-0.4, -0.2) is 9.38 Å². The van der Waals surface area contributed by atoms with E-state index in [4.69, 9.17) is 5.73 Å². The van der Waals surface area contributed by atoms with E-state index < -0.39 is 0 Å². The van der Waals surface area contributed by atoms with E-state index in [1.54, 1.807) is 0 Å². The molecule has 3 nitrogen and oxygen atoms in total. The van der Waals surface area contributed by atoms with Gasteiger partial charge in [0, 0.05) is 23.8 Å². The summed E-state index contributed by atoms with van der Waals surface area (Å²) < 4.78 is 2.03. The van der Waals surface area contributed by atoms with E-state index in [0.717, 1.165) is 11.2 Å². The molecule has 0 aliphatic heterocycles. The first-order valence-corrected chi connectivity index (χ1v) is 6.00. The largest absolute Gasteiger partial charge is 0.325 e. The predicted octanol–water partition coefficient (Wildman–Crippen LogP) is 2.77. The van der Waals surface area contributed by atoms with Crippen LogP contribution in [0, 0.1) is 6.92 Å². The molecule has 0 bridgehead atoms. The molecule has 3 heteroatoms. The molecule has 2 heterocycles. The van der Waals surface area contributed by atoms with Gasteiger partial charge in [-0.25, -0.2) is 4.98 Å². The van der Waals surface area contributed by atoms with E-state index in [1.807, 2.05) is 16.8 Å². The lowest BCUT2D eigenvalue weighted by Crippen LogP contribution is -2.00. The van der Waals surface area contributed by atoms with Crippen molar-refractivity contribution in [1.29, 1.82) is 0 Å². The lowest BCUT2D eigenvalue weighted by atomic mass is 10.0. The van der Waals surface area contributed by atoms with Gasteiger partial charge in [-0.05, 0) is 30.2 Å². The molecule has 0 saturated carbocycles. The minimum atomic E-state index is 0.474. The summed E-state index contributed by atoms with van der Waals surface area (Å²) in [6.45, 7) is 2.60. The van der Waals surface area contributed by atoms with Crippen molar-refractivity contribution in [3.8, 4) is 11.1 Å². The van der Waals surface area contributed by atoms with E-state index in [9.17, 15) is 0 Å². The van der Waals surface area contributed by atoms with Gasteiger partial charge in [-0.15, -0.1) is 0 Å². The minimum absolute atomic E-state index is 0.474. The summed E-state index contributed by atoms with van der Waals surface area (Å²) in [5.74, 6) is 0. The molecule has 90 valence electrons. The third-order valence-electron chi connectivity index (χ3n) is 3.21. The van der Waals surface area contributed by atoms with E-state index in [-0.39, 0.29) is 0 Å². The fraction of sp³-hybridized carbons (Fsp3) is 0.133. The average Bonchev–Trinajstić information content (AvgIpc) is 2.81. The van der Waals surface area contributed by atoms with Crippen molar-refractivity contribution < 1.29 is 0 Å². The molecule has 2 N–H and O–H groups in total. The molecule has 3 aromatic rings. The monoisotopic (exact) mass is 237 g/mol. The Bertz CT molecular complexity index is 698. The number of fused-ring (bicyclic) bond motifs is 1. The molecule has 0 amide bonds. The normalized spacial score (nSPS) is 11.0. The first-order chi connectivity index (χ1) is 8.78. The fourth-order valence-corrected chi connectivity index (χ4v) is 2.21. The number of hydrogen-bond acceptors (Lipinski definition) is 2. The van der Waals surface area contributed by atoms with Crippen LogP contribution in [0.5, 0.6) is 0 Å². The second-order valence-electron chi connectivity index (χ2n) is 4.46. The molecule has 0 unspecified atom stereocenters. The molecule has 0 saturated heterocycles. The molecule has 0 aliphatic rings. The quantitative estimate of drug-likeness (QED) is 0.744. The van der Waals surface area contributed by atoms with Crippen LogP contribution in [-0.2, 0) is 6.54 Å². The van der Waals surface area contributed by atoms with Gasteiger partial charge in [0.25, 0.3) is 0 Å². The summed E-state index contributed by atoms with van der Waals surface area (Å²) in [4.78, 5) is 4.29. The lowest BCUT2D eigenvalue weighted by molar-refractivity contribution is 0.953. The van der Waals surface area contributed by atoms with Crippen LogP contribution in [0.2, 0.25) is 0 Å². The standard InChI is InChI=1S/C15H15N3/c1-11-4-2-3-5-15(11)12-6-14-7-13(8-16)17-10-18(14)9-12/h2-7,9-10H,8,16H2,1H3. The van der Waals surface area contributed by atoms with Crippen LogP contribution in [0.4, 0.5) is 0 Å². The number of hydrogen-bond donors (Lipinski definition) is 1. The Hall–Kier alpha value is -2.13. The zero-order valence-electron chi connectivity index (χ0n) is 10.3. The predicted molar refractivity (Wildman–Crippen MR) is 73.3 cm³/mol. The molecule has 0 radical (unpaired) electrons. The summed E-state index contributed by atoms with van der Waals surface area (Å²) in [6, 6.07) is 12.6. The molecule has 1 aromatic carbocycles. The van der Waals surface area contributed by atoms with Gasteiger partial charge in [-0.2, -0.15) is 0 Å². The number of nitrogens with zero attached hydrogens (tertiary/aromatic N) is 2. The van der Waals surface area contributed by atoms with Crippen LogP contribution >= 0.6 is 0 Å². The fourth-order valence-electron chi connectivity index (χ4n) is 2.21. The van der Waals surface area contributed by atoms with E-state index >= 15 is 0 Å². The molecule has 0 spiro atoms. The van der Waals surface area contributed by atoms with Gasteiger partial charge in [0.05, 0.1) is 12.0 Å². The second kappa shape index (κ2) is 4.27. The highest BCUT2D eigenvalue weighted by Crippen LogP contribution is 2.25. The molecule has 0 atom stereocenters. The van der Waals surface area contributed by atoms with Crippen LogP contribution < -0.4 is 5.73 Å². The zero-order chi connectivity index (χ0) is 12.5. The highest BCUT2D eigenvalue weighted by molar-refractivity contribution is 5.72. The van der Waals surface area contributed by atoms with Crippen molar-refractivity contribution in [1.82, 2.24) is 9.38 Å². The maximum Gasteiger partial charge on any atom is 0.0994 e. The first kappa shape index (κ1) is 11.0. The van der Waals surface area contributed by atoms with Gasteiger partial charge < -0.3 is 10.1 Å². The number of nitrogens with two attached hydrogens (primary N) is 1. The Kier molecular flexibility index (Phi) is 2.61. The summed E-state index contributed by atoms with van der Waals surface area (Å²) in [7, 11) is 0. The van der Waals surface area contributed by atoms with E-state index in [0.29, 0.717) is 6.54 Å². The van der Waals surface area contributed by atoms with Gasteiger partial charge in [-0.3, -0.25) is 0 Å². The van der Waals surface area contributed by atoms with Crippen LogP contribution in [0.25, 0.3) is 16.6 Å². The Morgan fingerprint density at radius 2 is 2.06 bits per heavy atom. The highest BCUT2D eigenvalue weighted by Gasteiger charge is 2.05. The summed E-state index contributed by atoms with van der Waals surface area (Å²) in [5.41, 5.74) is 11.4. The SMILES string of the molecule is Cc1ccccc1-c1cc2cc(CN)ncn2c1. The number of benzene rings is 1. The van der Waals surface area contributed by atoms with Gasteiger partial charge in [0.1, 0.15) is 0 Å². The molecule has 3 rings (SSSR count). The number of rotatable bonds is 2. The minimum Gasteiger partial charge on any atom is -0.325 e. The smallest absolute Gasteiger partial charge is 0.0994 e. The van der Waals surface area contributed by atoms with Gasteiger partial charge in [0.2, 0.25) is 0 Å². The zero-order valence-corrected chi connectivity index (χ0v) is 10.3. The van der Waals surface area contributed by atoms with Crippen molar-refractivity contribution in [3.63, 3.8) is 0 Å². The molecule has 0 fully saturated rings. The van der Waals surface area contributed by atoms with Crippen LogP contribution in [0.1, 0.15) is 11.3 Å².